The van der Waals surface area contributed by atoms with Crippen LogP contribution in [0.5, 0.6) is 0 Å². The summed E-state index contributed by atoms with van der Waals surface area (Å²) in [7, 11) is -7.42. The van der Waals surface area contributed by atoms with Gasteiger partial charge in [-0.1, -0.05) is 38.9 Å². The van der Waals surface area contributed by atoms with E-state index in [0.717, 1.165) is 31.0 Å². The van der Waals surface area contributed by atoms with E-state index < -0.39 is 23.7 Å². The molecule has 0 saturated heterocycles. The molecule has 0 fully saturated rings. The predicted octanol–water partition coefficient (Wildman–Crippen LogP) is 4.80. The molecule has 1 aliphatic rings. The van der Waals surface area contributed by atoms with Crippen LogP contribution in [0.25, 0.3) is 0 Å². The van der Waals surface area contributed by atoms with Crippen LogP contribution in [-0.2, 0) is 14.3 Å². The van der Waals surface area contributed by atoms with Crippen LogP contribution in [0.2, 0.25) is 23.7 Å². The van der Waals surface area contributed by atoms with E-state index in [9.17, 15) is 21.6 Å². The van der Waals surface area contributed by atoms with Crippen molar-refractivity contribution in [3.8, 4) is 0 Å². The monoisotopic (exact) mass is 344 g/mol. The molecule has 0 aromatic rings. The molecule has 3 nitrogen and oxygen atoms in total. The Kier molecular flexibility index (Phi) is 5.94. The number of halogens is 3. The summed E-state index contributed by atoms with van der Waals surface area (Å²) in [6.45, 7) is 6.14. The highest BCUT2D eigenvalue weighted by molar-refractivity contribution is 7.87. The van der Waals surface area contributed by atoms with Crippen LogP contribution in [0.15, 0.2) is 11.8 Å². The Morgan fingerprint density at radius 1 is 1.24 bits per heavy atom. The molecule has 0 N–H and O–H groups in total. The molecular weight excluding hydrogens is 321 g/mol. The normalized spacial score (nSPS) is 21.0. The van der Waals surface area contributed by atoms with Gasteiger partial charge in [0.2, 0.25) is 0 Å². The second kappa shape index (κ2) is 6.72. The Morgan fingerprint density at radius 3 is 2.19 bits per heavy atom. The Balaban J connectivity index is 3.12. The standard InChI is InChI=1S/C13H23F3O3SSi/c1-4-21(5-2,6-3)12-10-8-7-9-11(12)19-20(17,18)13(14,15)16/h9,12H,4-8,10H2,1-3H3. The van der Waals surface area contributed by atoms with E-state index in [4.69, 9.17) is 0 Å². The van der Waals surface area contributed by atoms with Gasteiger partial charge in [0.25, 0.3) is 0 Å². The molecule has 0 radical (unpaired) electrons. The summed E-state index contributed by atoms with van der Waals surface area (Å²) in [5, 5.41) is 0. The zero-order chi connectivity index (χ0) is 16.3. The maximum absolute atomic E-state index is 12.5. The molecule has 1 atom stereocenters. The van der Waals surface area contributed by atoms with Crippen molar-refractivity contribution in [1.29, 1.82) is 0 Å². The first-order valence-corrected chi connectivity index (χ1v) is 11.4. The molecule has 1 unspecified atom stereocenters. The lowest BCUT2D eigenvalue weighted by atomic mass is 10.1. The summed E-state index contributed by atoms with van der Waals surface area (Å²) in [6.07, 6.45) is 3.71. The lowest BCUT2D eigenvalue weighted by Gasteiger charge is -2.39. The average Bonchev–Trinajstić information content (AvgIpc) is 2.41. The van der Waals surface area contributed by atoms with Gasteiger partial charge in [0.05, 0.1) is 8.07 Å². The summed E-state index contributed by atoms with van der Waals surface area (Å²) in [5.74, 6) is 0.0378. The fraction of sp³-hybridized carbons (Fsp3) is 0.846. The summed E-state index contributed by atoms with van der Waals surface area (Å²) < 4.78 is 64.7. The third-order valence-electron chi connectivity index (χ3n) is 4.73. The van der Waals surface area contributed by atoms with E-state index in [-0.39, 0.29) is 11.3 Å². The van der Waals surface area contributed by atoms with Crippen LogP contribution in [0.3, 0.4) is 0 Å². The molecule has 1 aliphatic carbocycles. The van der Waals surface area contributed by atoms with Gasteiger partial charge >= 0.3 is 15.6 Å². The van der Waals surface area contributed by atoms with E-state index in [1.54, 1.807) is 6.08 Å². The van der Waals surface area contributed by atoms with Crippen molar-refractivity contribution < 1.29 is 25.8 Å². The van der Waals surface area contributed by atoms with Gasteiger partial charge in [-0.2, -0.15) is 21.6 Å². The third-order valence-corrected chi connectivity index (χ3v) is 12.0. The van der Waals surface area contributed by atoms with Crippen molar-refractivity contribution >= 4 is 18.2 Å². The van der Waals surface area contributed by atoms with Crippen LogP contribution < -0.4 is 0 Å². The maximum Gasteiger partial charge on any atom is 0.534 e. The lowest BCUT2D eigenvalue weighted by Crippen LogP contribution is -2.40. The van der Waals surface area contributed by atoms with Gasteiger partial charge in [-0.15, -0.1) is 0 Å². The van der Waals surface area contributed by atoms with Crippen molar-refractivity contribution in [3.05, 3.63) is 11.8 Å². The summed E-state index contributed by atoms with van der Waals surface area (Å²) >= 11 is 0. The smallest absolute Gasteiger partial charge is 0.381 e. The molecule has 0 aromatic heterocycles. The first-order valence-electron chi connectivity index (χ1n) is 7.34. The highest BCUT2D eigenvalue weighted by Crippen LogP contribution is 2.46. The van der Waals surface area contributed by atoms with E-state index in [0.29, 0.717) is 6.42 Å². The van der Waals surface area contributed by atoms with Gasteiger partial charge in [0.15, 0.2) is 0 Å². The SMILES string of the molecule is CC[Si](CC)(CC)C1CCCC=C1OS(=O)(=O)C(F)(F)F. The van der Waals surface area contributed by atoms with Gasteiger partial charge < -0.3 is 4.18 Å². The fourth-order valence-corrected chi connectivity index (χ4v) is 8.41. The second-order valence-electron chi connectivity index (χ2n) is 5.50. The fourth-order valence-electron chi connectivity index (χ4n) is 3.21. The van der Waals surface area contributed by atoms with Gasteiger partial charge in [-0.05, 0) is 25.3 Å². The number of allylic oxidation sites excluding steroid dienone is 2. The Morgan fingerprint density at radius 2 is 1.76 bits per heavy atom. The van der Waals surface area contributed by atoms with Gasteiger partial charge in [0.1, 0.15) is 5.76 Å². The topological polar surface area (TPSA) is 43.4 Å². The first-order chi connectivity index (χ1) is 9.63. The lowest BCUT2D eigenvalue weighted by molar-refractivity contribution is -0.0524. The summed E-state index contributed by atoms with van der Waals surface area (Å²) in [6, 6.07) is 2.74. The van der Waals surface area contributed by atoms with Gasteiger partial charge in [-0.3, -0.25) is 0 Å². The third kappa shape index (κ3) is 3.83. The molecule has 0 aliphatic heterocycles. The first kappa shape index (κ1) is 18.5. The summed E-state index contributed by atoms with van der Waals surface area (Å²) in [5.41, 5.74) is -5.51. The van der Waals surface area contributed by atoms with Crippen molar-refractivity contribution in [2.75, 3.05) is 0 Å². The molecule has 21 heavy (non-hydrogen) atoms. The zero-order valence-corrected chi connectivity index (χ0v) is 14.5. The minimum Gasteiger partial charge on any atom is -0.381 e. The largest absolute Gasteiger partial charge is 0.534 e. The summed E-state index contributed by atoms with van der Waals surface area (Å²) in [4.78, 5) is 0. The average molecular weight is 344 g/mol. The minimum atomic E-state index is -5.56. The number of alkyl halides is 3. The number of hydrogen-bond acceptors (Lipinski definition) is 3. The van der Waals surface area contributed by atoms with Crippen LogP contribution in [0, 0.1) is 0 Å². The maximum atomic E-state index is 12.5. The molecule has 0 heterocycles. The van der Waals surface area contributed by atoms with E-state index in [1.165, 1.54) is 0 Å². The van der Waals surface area contributed by atoms with Crippen molar-refractivity contribution in [2.24, 2.45) is 0 Å². The molecule has 124 valence electrons. The van der Waals surface area contributed by atoms with Crippen LogP contribution in [0.1, 0.15) is 40.0 Å². The van der Waals surface area contributed by atoms with Crippen molar-refractivity contribution in [2.45, 2.75) is 69.2 Å². The number of rotatable bonds is 6. The molecular formula is C13H23F3O3SSi. The molecule has 0 bridgehead atoms. The highest BCUT2D eigenvalue weighted by atomic mass is 32.2. The highest BCUT2D eigenvalue weighted by Gasteiger charge is 2.51. The van der Waals surface area contributed by atoms with Crippen LogP contribution >= 0.6 is 0 Å². The van der Waals surface area contributed by atoms with E-state index in [2.05, 4.69) is 4.18 Å². The molecule has 0 amide bonds. The van der Waals surface area contributed by atoms with E-state index in [1.807, 2.05) is 20.8 Å². The minimum absolute atomic E-state index is 0.0378. The van der Waals surface area contributed by atoms with Gasteiger partial charge in [0, 0.05) is 5.54 Å². The quantitative estimate of drug-likeness (QED) is 0.395. The Labute approximate surface area is 125 Å². The second-order valence-corrected chi connectivity index (χ2v) is 12.6. The number of hydrogen-bond donors (Lipinski definition) is 0. The Bertz CT molecular complexity index is 473. The van der Waals surface area contributed by atoms with Crippen molar-refractivity contribution in [1.82, 2.24) is 0 Å². The molecule has 0 spiro atoms. The zero-order valence-electron chi connectivity index (χ0n) is 12.7. The molecule has 0 saturated carbocycles. The molecule has 1 rings (SSSR count). The predicted molar refractivity (Wildman–Crippen MR) is 78.9 cm³/mol. The van der Waals surface area contributed by atoms with Crippen molar-refractivity contribution in [3.63, 3.8) is 0 Å². The molecule has 0 aromatic carbocycles. The van der Waals surface area contributed by atoms with Crippen LogP contribution in [0.4, 0.5) is 13.2 Å². The Hall–Kier alpha value is -0.503. The van der Waals surface area contributed by atoms with Gasteiger partial charge in [-0.25, -0.2) is 0 Å². The van der Waals surface area contributed by atoms with Crippen LogP contribution in [-0.4, -0.2) is 22.0 Å². The molecule has 8 heteroatoms. The van der Waals surface area contributed by atoms with E-state index >= 15 is 0 Å².